The Bertz CT molecular complexity index is 822. The molecule has 0 radical (unpaired) electrons. The molecule has 27 heavy (non-hydrogen) atoms. The number of imide groups is 1. The molecule has 1 unspecified atom stereocenters. The molecule has 142 valence electrons. The fourth-order valence-corrected chi connectivity index (χ4v) is 2.26. The fourth-order valence-electron chi connectivity index (χ4n) is 2.26. The quantitative estimate of drug-likeness (QED) is 0.670. The average molecular weight is 372 g/mol. The van der Waals surface area contributed by atoms with E-state index in [9.17, 15) is 19.5 Å². The number of esters is 1. The van der Waals surface area contributed by atoms with Crippen LogP contribution in [0, 0.1) is 0 Å². The lowest BCUT2D eigenvalue weighted by atomic mass is 10.1. The number of phenols is 1. The van der Waals surface area contributed by atoms with Crippen LogP contribution in [0.15, 0.2) is 48.5 Å². The number of ether oxygens (including phenoxy) is 2. The molecule has 0 aliphatic heterocycles. The van der Waals surface area contributed by atoms with E-state index in [0.29, 0.717) is 17.9 Å². The van der Waals surface area contributed by atoms with Gasteiger partial charge in [0.15, 0.2) is 0 Å². The molecule has 3 N–H and O–H groups in total. The van der Waals surface area contributed by atoms with E-state index in [0.717, 1.165) is 0 Å². The summed E-state index contributed by atoms with van der Waals surface area (Å²) >= 11 is 0. The number of phenolic OH excluding ortho intramolecular Hbond substituents is 1. The Hall–Kier alpha value is -3.55. The van der Waals surface area contributed by atoms with E-state index in [4.69, 9.17) is 9.47 Å². The van der Waals surface area contributed by atoms with Crippen molar-refractivity contribution < 1.29 is 29.0 Å². The minimum absolute atomic E-state index is 0.166. The van der Waals surface area contributed by atoms with Crippen LogP contribution in [-0.2, 0) is 9.53 Å². The Morgan fingerprint density at radius 3 is 2.44 bits per heavy atom. The van der Waals surface area contributed by atoms with Gasteiger partial charge in [0.25, 0.3) is 5.91 Å². The fraction of sp³-hybridized carbons (Fsp3) is 0.211. The number of hydrogen-bond donors (Lipinski definition) is 3. The molecule has 0 aliphatic carbocycles. The minimum atomic E-state index is -1.38. The smallest absolute Gasteiger partial charge is 0.343 e. The lowest BCUT2D eigenvalue weighted by molar-refractivity contribution is -0.129. The van der Waals surface area contributed by atoms with E-state index in [1.807, 2.05) is 0 Å². The molecule has 0 saturated heterocycles. The van der Waals surface area contributed by atoms with Crippen LogP contribution < -0.4 is 15.4 Å². The summed E-state index contributed by atoms with van der Waals surface area (Å²) in [6, 6.07) is 11.6. The van der Waals surface area contributed by atoms with Gasteiger partial charge < -0.3 is 19.9 Å². The standard InChI is InChI=1S/C19H20N2O6/c1-3-20-19(25)21-17(23)16(12-7-5-4-6-8-12)27-18(24)14-11-13(26-2)9-10-15(14)22/h4-11,16,22H,3H2,1-2H3,(H2,20,21,23,25). The second-order valence-electron chi connectivity index (χ2n) is 5.43. The predicted octanol–water partition coefficient (Wildman–Crippen LogP) is 2.14. The zero-order chi connectivity index (χ0) is 19.8. The van der Waals surface area contributed by atoms with Crippen LogP contribution in [0.2, 0.25) is 0 Å². The van der Waals surface area contributed by atoms with Crippen molar-refractivity contribution in [3.05, 3.63) is 59.7 Å². The van der Waals surface area contributed by atoms with Gasteiger partial charge in [-0.2, -0.15) is 0 Å². The van der Waals surface area contributed by atoms with Crippen LogP contribution in [0.4, 0.5) is 4.79 Å². The van der Waals surface area contributed by atoms with E-state index in [2.05, 4.69) is 10.6 Å². The number of rotatable bonds is 6. The highest BCUT2D eigenvalue weighted by molar-refractivity contribution is 5.99. The second-order valence-corrected chi connectivity index (χ2v) is 5.43. The van der Waals surface area contributed by atoms with E-state index >= 15 is 0 Å². The average Bonchev–Trinajstić information content (AvgIpc) is 2.67. The number of hydrogen-bond acceptors (Lipinski definition) is 6. The summed E-state index contributed by atoms with van der Waals surface area (Å²) in [6.45, 7) is 2.02. The highest BCUT2D eigenvalue weighted by atomic mass is 16.5. The lowest BCUT2D eigenvalue weighted by Gasteiger charge is -2.18. The summed E-state index contributed by atoms with van der Waals surface area (Å²) in [5.41, 5.74) is 0.205. The molecule has 2 aromatic rings. The molecule has 0 heterocycles. The number of aromatic hydroxyl groups is 1. The molecule has 3 amide bonds. The summed E-state index contributed by atoms with van der Waals surface area (Å²) < 4.78 is 10.3. The van der Waals surface area contributed by atoms with Crippen LogP contribution in [0.5, 0.6) is 11.5 Å². The molecule has 0 bridgehead atoms. The Balaban J connectivity index is 2.28. The molecule has 0 spiro atoms. The van der Waals surface area contributed by atoms with Crippen molar-refractivity contribution in [1.82, 2.24) is 10.6 Å². The first-order valence-electron chi connectivity index (χ1n) is 8.17. The van der Waals surface area contributed by atoms with Gasteiger partial charge in [0.05, 0.1) is 7.11 Å². The van der Waals surface area contributed by atoms with Gasteiger partial charge in [0.1, 0.15) is 17.1 Å². The summed E-state index contributed by atoms with van der Waals surface area (Å²) in [5.74, 6) is -1.74. The van der Waals surface area contributed by atoms with Crippen LogP contribution in [0.1, 0.15) is 28.9 Å². The maximum absolute atomic E-state index is 12.5. The van der Waals surface area contributed by atoms with Gasteiger partial charge in [-0.3, -0.25) is 10.1 Å². The van der Waals surface area contributed by atoms with Crippen LogP contribution in [-0.4, -0.2) is 36.7 Å². The normalized spacial score (nSPS) is 11.2. The Morgan fingerprint density at radius 1 is 1.11 bits per heavy atom. The molecular formula is C19H20N2O6. The number of carbonyl (C=O) groups excluding carboxylic acids is 3. The van der Waals surface area contributed by atoms with Gasteiger partial charge in [0, 0.05) is 12.1 Å². The summed E-state index contributed by atoms with van der Waals surface area (Å²) in [6.07, 6.45) is -1.38. The molecule has 0 fully saturated rings. The highest BCUT2D eigenvalue weighted by Gasteiger charge is 2.28. The Kier molecular flexibility index (Phi) is 6.76. The Morgan fingerprint density at radius 2 is 1.81 bits per heavy atom. The van der Waals surface area contributed by atoms with Crippen LogP contribution in [0.25, 0.3) is 0 Å². The Labute approximate surface area is 156 Å². The monoisotopic (exact) mass is 372 g/mol. The second kappa shape index (κ2) is 9.23. The van der Waals surface area contributed by atoms with Crippen LogP contribution >= 0.6 is 0 Å². The largest absolute Gasteiger partial charge is 0.507 e. The molecule has 8 nitrogen and oxygen atoms in total. The first-order chi connectivity index (χ1) is 13.0. The third-order valence-corrected chi connectivity index (χ3v) is 3.56. The number of amides is 3. The molecule has 0 aliphatic rings. The number of carbonyl (C=O) groups is 3. The van der Waals surface area contributed by atoms with Crippen molar-refractivity contribution in [2.24, 2.45) is 0 Å². The van der Waals surface area contributed by atoms with E-state index in [1.165, 1.54) is 25.3 Å². The van der Waals surface area contributed by atoms with E-state index in [-0.39, 0.29) is 11.3 Å². The van der Waals surface area contributed by atoms with Gasteiger partial charge in [-0.25, -0.2) is 9.59 Å². The molecule has 0 aromatic heterocycles. The van der Waals surface area contributed by atoms with Gasteiger partial charge in [-0.1, -0.05) is 30.3 Å². The highest BCUT2D eigenvalue weighted by Crippen LogP contribution is 2.26. The summed E-state index contributed by atoms with van der Waals surface area (Å²) in [5, 5.41) is 14.5. The predicted molar refractivity (Wildman–Crippen MR) is 96.5 cm³/mol. The molecule has 0 saturated carbocycles. The van der Waals surface area contributed by atoms with Crippen molar-refractivity contribution in [1.29, 1.82) is 0 Å². The number of benzene rings is 2. The molecular weight excluding hydrogens is 352 g/mol. The van der Waals surface area contributed by atoms with Crippen molar-refractivity contribution in [3.8, 4) is 11.5 Å². The maximum Gasteiger partial charge on any atom is 0.343 e. The first kappa shape index (κ1) is 19.8. The van der Waals surface area contributed by atoms with Crippen molar-refractivity contribution >= 4 is 17.9 Å². The molecule has 2 aromatic carbocycles. The molecule has 1 atom stereocenters. The van der Waals surface area contributed by atoms with Gasteiger partial charge in [-0.05, 0) is 25.1 Å². The maximum atomic E-state index is 12.5. The SMILES string of the molecule is CCNC(=O)NC(=O)C(OC(=O)c1cc(OC)ccc1O)c1ccccc1. The third-order valence-electron chi connectivity index (χ3n) is 3.56. The first-order valence-corrected chi connectivity index (χ1v) is 8.17. The zero-order valence-electron chi connectivity index (χ0n) is 14.9. The summed E-state index contributed by atoms with van der Waals surface area (Å²) in [4.78, 5) is 36.6. The van der Waals surface area contributed by atoms with Gasteiger partial charge in [-0.15, -0.1) is 0 Å². The number of urea groups is 1. The summed E-state index contributed by atoms with van der Waals surface area (Å²) in [7, 11) is 1.41. The van der Waals surface area contributed by atoms with Crippen molar-refractivity contribution in [3.63, 3.8) is 0 Å². The number of methoxy groups -OCH3 is 1. The zero-order valence-corrected chi connectivity index (χ0v) is 14.9. The molecule has 2 rings (SSSR count). The third kappa shape index (κ3) is 5.21. The van der Waals surface area contributed by atoms with Gasteiger partial charge in [0.2, 0.25) is 6.10 Å². The van der Waals surface area contributed by atoms with Gasteiger partial charge >= 0.3 is 12.0 Å². The number of nitrogens with one attached hydrogen (secondary N) is 2. The molecule has 8 heteroatoms. The van der Waals surface area contributed by atoms with E-state index in [1.54, 1.807) is 37.3 Å². The minimum Gasteiger partial charge on any atom is -0.507 e. The topological polar surface area (TPSA) is 114 Å². The van der Waals surface area contributed by atoms with E-state index < -0.39 is 24.0 Å². The lowest BCUT2D eigenvalue weighted by Crippen LogP contribution is -2.42. The van der Waals surface area contributed by atoms with Crippen molar-refractivity contribution in [2.75, 3.05) is 13.7 Å². The van der Waals surface area contributed by atoms with Crippen molar-refractivity contribution in [2.45, 2.75) is 13.0 Å². The van der Waals surface area contributed by atoms with Crippen LogP contribution in [0.3, 0.4) is 0 Å².